The average Bonchev–Trinajstić information content (AvgIpc) is 3.13. The Kier molecular flexibility index (Phi) is 3.77. The van der Waals surface area contributed by atoms with Gasteiger partial charge in [-0.2, -0.15) is 5.10 Å². The molecule has 128 valence electrons. The van der Waals surface area contributed by atoms with Crippen molar-refractivity contribution in [2.45, 2.75) is 0 Å². The van der Waals surface area contributed by atoms with Crippen LogP contribution in [-0.2, 0) is 0 Å². The summed E-state index contributed by atoms with van der Waals surface area (Å²) in [4.78, 5) is 30.7. The summed E-state index contributed by atoms with van der Waals surface area (Å²) in [5.74, 6) is -0.834. The number of aromatic amines is 1. The van der Waals surface area contributed by atoms with E-state index in [-0.39, 0.29) is 17.1 Å². The Morgan fingerprint density at radius 3 is 2.88 bits per heavy atom. The van der Waals surface area contributed by atoms with E-state index in [1.165, 1.54) is 29.2 Å². The van der Waals surface area contributed by atoms with E-state index in [1.807, 2.05) is 0 Å². The molecule has 0 saturated heterocycles. The molecule has 0 spiro atoms. The summed E-state index contributed by atoms with van der Waals surface area (Å²) in [5, 5.41) is 7.21. The number of halogens is 1. The summed E-state index contributed by atoms with van der Waals surface area (Å²) in [6, 6.07) is 12.3. The molecule has 0 aliphatic carbocycles. The number of hydrogen-bond acceptors (Lipinski definition) is 4. The van der Waals surface area contributed by atoms with Crippen LogP contribution >= 0.6 is 0 Å². The predicted octanol–water partition coefficient (Wildman–Crippen LogP) is 2.50. The van der Waals surface area contributed by atoms with E-state index in [4.69, 9.17) is 0 Å². The molecule has 0 atom stereocenters. The molecular formula is C18H12FN5O2. The number of hydrogen-bond donors (Lipinski definition) is 2. The zero-order valence-corrected chi connectivity index (χ0v) is 13.3. The number of rotatable bonds is 3. The number of anilines is 1. The molecule has 7 nitrogen and oxygen atoms in total. The van der Waals surface area contributed by atoms with Crippen molar-refractivity contribution in [2.75, 3.05) is 5.32 Å². The number of nitrogens with zero attached hydrogens (tertiary/aromatic N) is 3. The Morgan fingerprint density at radius 1 is 1.15 bits per heavy atom. The van der Waals surface area contributed by atoms with Gasteiger partial charge in [-0.3, -0.25) is 9.59 Å². The van der Waals surface area contributed by atoms with Gasteiger partial charge in [0.25, 0.3) is 11.5 Å². The summed E-state index contributed by atoms with van der Waals surface area (Å²) >= 11 is 0. The minimum atomic E-state index is -0.445. The van der Waals surface area contributed by atoms with E-state index < -0.39 is 5.91 Å². The minimum Gasteiger partial charge on any atom is -0.321 e. The zero-order valence-electron chi connectivity index (χ0n) is 13.3. The fraction of sp³-hybridized carbons (Fsp3) is 0. The average molecular weight is 349 g/mol. The number of fused-ring (bicyclic) bond motifs is 1. The summed E-state index contributed by atoms with van der Waals surface area (Å²) in [6.45, 7) is 0. The van der Waals surface area contributed by atoms with Crippen LogP contribution in [-0.4, -0.2) is 25.7 Å². The lowest BCUT2D eigenvalue weighted by Gasteiger charge is -2.04. The SMILES string of the molecule is O=C(Nc1ccc2nc[nH]c(=O)c2c1)c1ccn(-c2cccc(F)c2)n1. The minimum absolute atomic E-state index is 0.162. The van der Waals surface area contributed by atoms with Crippen LogP contribution in [0.15, 0.2) is 65.8 Å². The molecule has 2 N–H and O–H groups in total. The van der Waals surface area contributed by atoms with Crippen LogP contribution < -0.4 is 10.9 Å². The molecule has 2 aromatic heterocycles. The first-order chi connectivity index (χ1) is 12.6. The van der Waals surface area contributed by atoms with Crippen molar-refractivity contribution in [2.24, 2.45) is 0 Å². The monoisotopic (exact) mass is 349 g/mol. The van der Waals surface area contributed by atoms with Gasteiger partial charge in [-0.15, -0.1) is 0 Å². The van der Waals surface area contributed by atoms with E-state index >= 15 is 0 Å². The van der Waals surface area contributed by atoms with Gasteiger partial charge in [0.05, 0.1) is 22.9 Å². The summed E-state index contributed by atoms with van der Waals surface area (Å²) in [6.07, 6.45) is 2.89. The topological polar surface area (TPSA) is 92.7 Å². The Morgan fingerprint density at radius 2 is 2.04 bits per heavy atom. The highest BCUT2D eigenvalue weighted by Crippen LogP contribution is 2.15. The molecule has 0 aliphatic rings. The first kappa shape index (κ1) is 15.7. The maximum atomic E-state index is 13.3. The standard InChI is InChI=1S/C18H12FN5O2/c19-11-2-1-3-13(8-11)24-7-6-16(23-24)18(26)22-12-4-5-15-14(9-12)17(25)21-10-20-15/h1-10H,(H,22,26)(H,20,21,25). The Balaban J connectivity index is 1.59. The van der Waals surface area contributed by atoms with E-state index in [0.717, 1.165) is 0 Å². The molecule has 26 heavy (non-hydrogen) atoms. The first-order valence-corrected chi connectivity index (χ1v) is 7.70. The van der Waals surface area contributed by atoms with Gasteiger partial charge in [0, 0.05) is 11.9 Å². The normalized spacial score (nSPS) is 10.8. The number of H-pyrrole nitrogens is 1. The van der Waals surface area contributed by atoms with Gasteiger partial charge in [-0.1, -0.05) is 6.07 Å². The van der Waals surface area contributed by atoms with Gasteiger partial charge in [0.15, 0.2) is 5.69 Å². The highest BCUT2D eigenvalue weighted by Gasteiger charge is 2.12. The lowest BCUT2D eigenvalue weighted by atomic mass is 10.2. The molecule has 4 rings (SSSR count). The summed E-state index contributed by atoms with van der Waals surface area (Å²) < 4.78 is 14.7. The molecule has 4 aromatic rings. The Bertz CT molecular complexity index is 1180. The largest absolute Gasteiger partial charge is 0.321 e. The molecule has 1 amide bonds. The molecule has 0 fully saturated rings. The van der Waals surface area contributed by atoms with Crippen molar-refractivity contribution in [1.82, 2.24) is 19.7 Å². The highest BCUT2D eigenvalue weighted by atomic mass is 19.1. The third kappa shape index (κ3) is 2.95. The zero-order chi connectivity index (χ0) is 18.1. The van der Waals surface area contributed by atoms with Gasteiger partial charge >= 0.3 is 0 Å². The molecule has 0 unspecified atom stereocenters. The lowest BCUT2D eigenvalue weighted by molar-refractivity contribution is 0.102. The number of carbonyl (C=O) groups excluding carboxylic acids is 1. The van der Waals surface area contributed by atoms with Crippen LogP contribution in [0.1, 0.15) is 10.5 Å². The van der Waals surface area contributed by atoms with E-state index in [0.29, 0.717) is 22.3 Å². The number of aromatic nitrogens is 4. The number of amides is 1. The maximum Gasteiger partial charge on any atom is 0.276 e. The molecule has 0 aliphatic heterocycles. The van der Waals surface area contributed by atoms with Crippen molar-refractivity contribution in [3.05, 3.63) is 82.9 Å². The van der Waals surface area contributed by atoms with Crippen LogP contribution in [0.3, 0.4) is 0 Å². The number of benzene rings is 2. The summed E-state index contributed by atoms with van der Waals surface area (Å²) in [5.41, 5.74) is 1.35. The molecule has 2 heterocycles. The smallest absolute Gasteiger partial charge is 0.276 e. The van der Waals surface area contributed by atoms with Gasteiger partial charge < -0.3 is 10.3 Å². The maximum absolute atomic E-state index is 13.3. The number of nitrogens with one attached hydrogen (secondary N) is 2. The van der Waals surface area contributed by atoms with Crippen molar-refractivity contribution in [1.29, 1.82) is 0 Å². The Labute approximate surface area is 146 Å². The first-order valence-electron chi connectivity index (χ1n) is 7.70. The van der Waals surface area contributed by atoms with Crippen molar-refractivity contribution in [3.8, 4) is 5.69 Å². The molecule has 8 heteroatoms. The van der Waals surface area contributed by atoms with Crippen LogP contribution in [0.25, 0.3) is 16.6 Å². The second-order valence-corrected chi connectivity index (χ2v) is 5.54. The van der Waals surface area contributed by atoms with Crippen LogP contribution in [0.4, 0.5) is 10.1 Å². The Hall–Kier alpha value is -3.81. The number of carbonyl (C=O) groups is 1. The van der Waals surface area contributed by atoms with Crippen LogP contribution in [0, 0.1) is 5.82 Å². The van der Waals surface area contributed by atoms with Crippen LogP contribution in [0.2, 0.25) is 0 Å². The van der Waals surface area contributed by atoms with E-state index in [1.54, 1.807) is 36.5 Å². The second-order valence-electron chi connectivity index (χ2n) is 5.54. The molecule has 0 bridgehead atoms. The fourth-order valence-electron chi connectivity index (χ4n) is 2.55. The molecular weight excluding hydrogens is 337 g/mol. The van der Waals surface area contributed by atoms with Crippen molar-refractivity contribution in [3.63, 3.8) is 0 Å². The molecule has 2 aromatic carbocycles. The third-order valence-electron chi connectivity index (χ3n) is 3.79. The third-order valence-corrected chi connectivity index (χ3v) is 3.79. The van der Waals surface area contributed by atoms with Crippen molar-refractivity contribution >= 4 is 22.5 Å². The van der Waals surface area contributed by atoms with Crippen LogP contribution in [0.5, 0.6) is 0 Å². The second kappa shape index (κ2) is 6.25. The van der Waals surface area contributed by atoms with Gasteiger partial charge in [0.1, 0.15) is 5.82 Å². The van der Waals surface area contributed by atoms with Gasteiger partial charge in [-0.05, 0) is 42.5 Å². The lowest BCUT2D eigenvalue weighted by Crippen LogP contribution is -2.14. The van der Waals surface area contributed by atoms with E-state index in [9.17, 15) is 14.0 Å². The summed E-state index contributed by atoms with van der Waals surface area (Å²) in [7, 11) is 0. The fourth-order valence-corrected chi connectivity index (χ4v) is 2.55. The molecule has 0 saturated carbocycles. The van der Waals surface area contributed by atoms with Gasteiger partial charge in [0.2, 0.25) is 0 Å². The predicted molar refractivity (Wildman–Crippen MR) is 93.8 cm³/mol. The highest BCUT2D eigenvalue weighted by molar-refractivity contribution is 6.03. The van der Waals surface area contributed by atoms with Crippen molar-refractivity contribution < 1.29 is 9.18 Å². The van der Waals surface area contributed by atoms with Gasteiger partial charge in [-0.25, -0.2) is 14.1 Å². The molecule has 0 radical (unpaired) electrons. The van der Waals surface area contributed by atoms with E-state index in [2.05, 4.69) is 20.4 Å². The quantitative estimate of drug-likeness (QED) is 0.594.